The van der Waals surface area contributed by atoms with Crippen LogP contribution in [0.4, 0.5) is 0 Å². The number of rotatable bonds is 3. The molecule has 1 saturated carbocycles. The molecular weight excluding hydrogens is 180 g/mol. The van der Waals surface area contributed by atoms with Gasteiger partial charge < -0.3 is 15.3 Å². The summed E-state index contributed by atoms with van der Waals surface area (Å²) in [5, 5.41) is 29.3. The van der Waals surface area contributed by atoms with Crippen molar-refractivity contribution < 1.29 is 15.3 Å². The molecule has 0 bridgehead atoms. The van der Waals surface area contributed by atoms with Crippen LogP contribution in [0.1, 0.15) is 33.6 Å². The summed E-state index contributed by atoms with van der Waals surface area (Å²) in [6, 6.07) is 0. The van der Waals surface area contributed by atoms with Gasteiger partial charge in [-0.1, -0.05) is 27.2 Å². The van der Waals surface area contributed by atoms with E-state index < -0.39 is 18.3 Å². The highest BCUT2D eigenvalue weighted by Gasteiger charge is 2.44. The molecule has 0 aliphatic heterocycles. The topological polar surface area (TPSA) is 60.7 Å². The highest BCUT2D eigenvalue weighted by Crippen LogP contribution is 2.37. The maximum Gasteiger partial charge on any atom is 0.0854 e. The minimum Gasteiger partial charge on any atom is -0.392 e. The smallest absolute Gasteiger partial charge is 0.0854 e. The SMILES string of the molecule is CC[C@@H]1C[C@H]([C@@H](O)C(C)C)[C@@H](O)[C@H]1O. The van der Waals surface area contributed by atoms with Crippen LogP contribution in [0.25, 0.3) is 0 Å². The molecule has 14 heavy (non-hydrogen) atoms. The summed E-state index contributed by atoms with van der Waals surface area (Å²) in [7, 11) is 0. The molecule has 5 atom stereocenters. The lowest BCUT2D eigenvalue weighted by Crippen LogP contribution is -2.36. The minimum absolute atomic E-state index is 0.137. The molecule has 1 fully saturated rings. The Kier molecular flexibility index (Phi) is 3.93. The van der Waals surface area contributed by atoms with Gasteiger partial charge in [0.15, 0.2) is 0 Å². The summed E-state index contributed by atoms with van der Waals surface area (Å²) < 4.78 is 0. The third-order valence-electron chi connectivity index (χ3n) is 3.49. The highest BCUT2D eigenvalue weighted by atomic mass is 16.3. The third kappa shape index (κ3) is 2.10. The standard InChI is InChI=1S/C11H22O3/c1-4-7-5-8(9(12)6(2)3)11(14)10(7)13/h6-14H,4-5H2,1-3H3/t7-,8-,9+,10+,11-/m1/s1. The first-order valence-corrected chi connectivity index (χ1v) is 5.53. The van der Waals surface area contributed by atoms with E-state index in [9.17, 15) is 15.3 Å². The maximum atomic E-state index is 9.86. The molecule has 0 saturated heterocycles. The molecule has 0 aromatic rings. The van der Waals surface area contributed by atoms with Crippen LogP contribution in [0.15, 0.2) is 0 Å². The summed E-state index contributed by atoms with van der Waals surface area (Å²) in [5.74, 6) is 0.121. The fourth-order valence-electron chi connectivity index (χ4n) is 2.40. The molecule has 0 aromatic heterocycles. The maximum absolute atomic E-state index is 9.86. The first-order chi connectivity index (χ1) is 6.49. The second-order valence-corrected chi connectivity index (χ2v) is 4.78. The highest BCUT2D eigenvalue weighted by molar-refractivity contribution is 4.94. The molecule has 0 heterocycles. The molecule has 84 valence electrons. The van der Waals surface area contributed by atoms with Crippen molar-refractivity contribution in [3.63, 3.8) is 0 Å². The Morgan fingerprint density at radius 3 is 2.14 bits per heavy atom. The zero-order valence-corrected chi connectivity index (χ0v) is 9.22. The van der Waals surface area contributed by atoms with E-state index in [2.05, 4.69) is 0 Å². The summed E-state index contributed by atoms with van der Waals surface area (Å²) in [6.45, 7) is 5.87. The van der Waals surface area contributed by atoms with Crippen molar-refractivity contribution in [3.05, 3.63) is 0 Å². The van der Waals surface area contributed by atoms with Crippen LogP contribution in [0, 0.1) is 17.8 Å². The van der Waals surface area contributed by atoms with Crippen molar-refractivity contribution in [3.8, 4) is 0 Å². The van der Waals surface area contributed by atoms with E-state index in [1.54, 1.807) is 0 Å². The fraction of sp³-hybridized carbons (Fsp3) is 1.00. The Morgan fingerprint density at radius 1 is 1.21 bits per heavy atom. The van der Waals surface area contributed by atoms with Crippen molar-refractivity contribution in [1.29, 1.82) is 0 Å². The van der Waals surface area contributed by atoms with Gasteiger partial charge in [0.25, 0.3) is 0 Å². The second kappa shape index (κ2) is 4.60. The fourth-order valence-corrected chi connectivity index (χ4v) is 2.40. The van der Waals surface area contributed by atoms with Gasteiger partial charge in [0.05, 0.1) is 18.3 Å². The molecule has 0 aromatic carbocycles. The van der Waals surface area contributed by atoms with E-state index in [-0.39, 0.29) is 17.8 Å². The van der Waals surface area contributed by atoms with Crippen LogP contribution < -0.4 is 0 Å². The monoisotopic (exact) mass is 202 g/mol. The van der Waals surface area contributed by atoms with E-state index >= 15 is 0 Å². The van der Waals surface area contributed by atoms with E-state index in [1.807, 2.05) is 20.8 Å². The van der Waals surface area contributed by atoms with Gasteiger partial charge >= 0.3 is 0 Å². The molecule has 0 radical (unpaired) electrons. The number of hydrogen-bond acceptors (Lipinski definition) is 3. The van der Waals surface area contributed by atoms with Crippen molar-refractivity contribution >= 4 is 0 Å². The van der Waals surface area contributed by atoms with Crippen LogP contribution in [-0.4, -0.2) is 33.6 Å². The Bertz CT molecular complexity index is 181. The zero-order chi connectivity index (χ0) is 10.9. The van der Waals surface area contributed by atoms with Gasteiger partial charge in [-0.25, -0.2) is 0 Å². The molecule has 0 unspecified atom stereocenters. The van der Waals surface area contributed by atoms with Gasteiger partial charge in [-0.15, -0.1) is 0 Å². The average molecular weight is 202 g/mol. The lowest BCUT2D eigenvalue weighted by atomic mass is 9.90. The third-order valence-corrected chi connectivity index (χ3v) is 3.49. The molecule has 1 aliphatic carbocycles. The Balaban J connectivity index is 2.64. The lowest BCUT2D eigenvalue weighted by molar-refractivity contribution is -0.0386. The minimum atomic E-state index is -0.752. The van der Waals surface area contributed by atoms with Gasteiger partial charge in [-0.3, -0.25) is 0 Å². The van der Waals surface area contributed by atoms with Crippen LogP contribution in [0.2, 0.25) is 0 Å². The van der Waals surface area contributed by atoms with Crippen molar-refractivity contribution in [1.82, 2.24) is 0 Å². The molecule has 0 spiro atoms. The molecule has 3 nitrogen and oxygen atoms in total. The molecule has 1 rings (SSSR count). The van der Waals surface area contributed by atoms with E-state index in [1.165, 1.54) is 0 Å². The average Bonchev–Trinajstić information content (AvgIpc) is 2.43. The Labute approximate surface area is 85.8 Å². The van der Waals surface area contributed by atoms with Gasteiger partial charge in [0.2, 0.25) is 0 Å². The van der Waals surface area contributed by atoms with Crippen LogP contribution in [-0.2, 0) is 0 Å². The van der Waals surface area contributed by atoms with Gasteiger partial charge in [-0.2, -0.15) is 0 Å². The molecule has 3 N–H and O–H groups in total. The predicted molar refractivity (Wildman–Crippen MR) is 54.7 cm³/mol. The van der Waals surface area contributed by atoms with E-state index in [0.29, 0.717) is 0 Å². The number of aliphatic hydroxyl groups is 3. The summed E-state index contributed by atoms with van der Waals surface area (Å²) in [5.41, 5.74) is 0. The normalized spacial score (nSPS) is 40.5. The van der Waals surface area contributed by atoms with E-state index in [4.69, 9.17) is 0 Å². The van der Waals surface area contributed by atoms with Gasteiger partial charge in [-0.05, 0) is 18.3 Å². The molecular formula is C11H22O3. The predicted octanol–water partition coefficient (Wildman–Crippen LogP) is 0.771. The summed E-state index contributed by atoms with van der Waals surface area (Å²) in [4.78, 5) is 0. The van der Waals surface area contributed by atoms with Crippen LogP contribution in [0.5, 0.6) is 0 Å². The lowest BCUT2D eigenvalue weighted by Gasteiger charge is -2.24. The molecule has 1 aliphatic rings. The quantitative estimate of drug-likeness (QED) is 0.633. The van der Waals surface area contributed by atoms with Crippen LogP contribution in [0.3, 0.4) is 0 Å². The summed E-state index contributed by atoms with van der Waals surface area (Å²) in [6.07, 6.45) is -0.315. The van der Waals surface area contributed by atoms with E-state index in [0.717, 1.165) is 12.8 Å². The van der Waals surface area contributed by atoms with Crippen molar-refractivity contribution in [2.75, 3.05) is 0 Å². The molecule has 3 heteroatoms. The first kappa shape index (κ1) is 12.0. The number of hydrogen-bond donors (Lipinski definition) is 3. The first-order valence-electron chi connectivity index (χ1n) is 5.53. The molecule has 0 amide bonds. The Morgan fingerprint density at radius 2 is 1.79 bits per heavy atom. The van der Waals surface area contributed by atoms with Gasteiger partial charge in [0.1, 0.15) is 0 Å². The van der Waals surface area contributed by atoms with Crippen molar-refractivity contribution in [2.24, 2.45) is 17.8 Å². The largest absolute Gasteiger partial charge is 0.392 e. The number of aliphatic hydroxyl groups excluding tert-OH is 3. The summed E-state index contributed by atoms with van der Waals surface area (Å²) >= 11 is 0. The van der Waals surface area contributed by atoms with Crippen molar-refractivity contribution in [2.45, 2.75) is 51.9 Å². The Hall–Kier alpha value is -0.120. The zero-order valence-electron chi connectivity index (χ0n) is 9.22. The second-order valence-electron chi connectivity index (χ2n) is 4.78. The van der Waals surface area contributed by atoms with Gasteiger partial charge in [0, 0.05) is 5.92 Å². The van der Waals surface area contributed by atoms with Crippen LogP contribution >= 0.6 is 0 Å².